The predicted octanol–water partition coefficient (Wildman–Crippen LogP) is 2.88. The number of rotatable bonds is 1. The van der Waals surface area contributed by atoms with E-state index in [0.29, 0.717) is 44.1 Å². The lowest BCUT2D eigenvalue weighted by Gasteiger charge is -2.56. The molecule has 34 heavy (non-hydrogen) atoms. The minimum Gasteiger partial charge on any atom is -0.390 e. The van der Waals surface area contributed by atoms with Crippen molar-refractivity contribution in [3.8, 4) is 0 Å². The molecule has 0 radical (unpaired) electrons. The van der Waals surface area contributed by atoms with Crippen molar-refractivity contribution in [2.24, 2.45) is 11.3 Å². The van der Waals surface area contributed by atoms with E-state index in [1.54, 1.807) is 12.4 Å². The van der Waals surface area contributed by atoms with E-state index in [-0.39, 0.29) is 5.92 Å². The van der Waals surface area contributed by atoms with E-state index >= 15 is 0 Å². The molecule has 3 heterocycles. The molecule has 1 aromatic heterocycles. The van der Waals surface area contributed by atoms with Crippen molar-refractivity contribution >= 4 is 10.8 Å². The molecule has 7 rings (SSSR count). The zero-order valence-electron chi connectivity index (χ0n) is 19.3. The smallest absolute Gasteiger partial charge is 0.121 e. The molecule has 6 nitrogen and oxygen atoms in total. The number of hydrogen-bond donors (Lipinski definition) is 4. The molecular formula is C28H31NO5. The standard InChI is InChI=1S/C28H31NO5/c1-25-8-6-19-13-18-4-5-21(30)24(32)27(18)10-9-26(19,34-27)22(25)14-23(31)28(25,33)20-3-2-16-7-11-29-15-17(16)12-20/h2-3,6-7,11-13,15,21-24,30-33H,4-5,8-10,14H2,1H3/t21-,22-,23-,24+,25+,26?,27+,28-/m1/s1. The Morgan fingerprint density at radius 1 is 1.06 bits per heavy atom. The number of fused-ring (bicyclic) bond motifs is 2. The normalized spacial score (nSPS) is 47.0. The van der Waals surface area contributed by atoms with Crippen LogP contribution in [0.4, 0.5) is 0 Å². The third-order valence-electron chi connectivity index (χ3n) is 10.1. The quantitative estimate of drug-likeness (QED) is 0.521. The minimum absolute atomic E-state index is 0.131. The highest BCUT2D eigenvalue weighted by atomic mass is 16.5. The predicted molar refractivity (Wildman–Crippen MR) is 126 cm³/mol. The van der Waals surface area contributed by atoms with Gasteiger partial charge in [0.15, 0.2) is 0 Å². The molecule has 2 aliphatic heterocycles. The Kier molecular flexibility index (Phi) is 4.09. The second-order valence-corrected chi connectivity index (χ2v) is 11.4. The van der Waals surface area contributed by atoms with Crippen molar-refractivity contribution in [1.82, 2.24) is 4.98 Å². The second-order valence-electron chi connectivity index (χ2n) is 11.4. The van der Waals surface area contributed by atoms with Crippen LogP contribution in [0.5, 0.6) is 0 Å². The third-order valence-corrected chi connectivity index (χ3v) is 10.1. The number of aliphatic hydroxyl groups is 4. The van der Waals surface area contributed by atoms with Gasteiger partial charge in [0, 0.05) is 29.1 Å². The molecule has 3 fully saturated rings. The highest BCUT2D eigenvalue weighted by Crippen LogP contribution is 2.70. The van der Waals surface area contributed by atoms with Gasteiger partial charge in [-0.3, -0.25) is 4.98 Å². The summed E-state index contributed by atoms with van der Waals surface area (Å²) in [7, 11) is 0. The summed E-state index contributed by atoms with van der Waals surface area (Å²) in [5.74, 6) is -0.131. The molecule has 1 unspecified atom stereocenters. The van der Waals surface area contributed by atoms with Gasteiger partial charge in [-0.2, -0.15) is 0 Å². The number of aromatic nitrogens is 1. The lowest BCUT2D eigenvalue weighted by Crippen LogP contribution is -2.60. The van der Waals surface area contributed by atoms with Crippen molar-refractivity contribution in [2.75, 3.05) is 0 Å². The second kappa shape index (κ2) is 6.56. The molecule has 0 amide bonds. The molecule has 5 aliphatic rings. The van der Waals surface area contributed by atoms with E-state index in [9.17, 15) is 20.4 Å². The summed E-state index contributed by atoms with van der Waals surface area (Å²) in [4.78, 5) is 4.23. The average Bonchev–Trinajstić information content (AvgIpc) is 3.28. The topological polar surface area (TPSA) is 103 Å². The first kappa shape index (κ1) is 21.2. The van der Waals surface area contributed by atoms with Crippen LogP contribution in [-0.2, 0) is 10.3 Å². The highest BCUT2D eigenvalue weighted by molar-refractivity contribution is 5.82. The van der Waals surface area contributed by atoms with Crippen molar-refractivity contribution < 1.29 is 25.2 Å². The summed E-state index contributed by atoms with van der Waals surface area (Å²) < 4.78 is 6.91. The van der Waals surface area contributed by atoms with Gasteiger partial charge in [0.2, 0.25) is 0 Å². The molecule has 6 heteroatoms. The Morgan fingerprint density at radius 2 is 1.88 bits per heavy atom. The van der Waals surface area contributed by atoms with E-state index in [4.69, 9.17) is 4.74 Å². The number of allylic oxidation sites excluding steroid dienone is 1. The van der Waals surface area contributed by atoms with Gasteiger partial charge >= 0.3 is 0 Å². The van der Waals surface area contributed by atoms with Gasteiger partial charge in [0.1, 0.15) is 17.3 Å². The number of nitrogens with zero attached hydrogens (tertiary/aromatic N) is 1. The summed E-state index contributed by atoms with van der Waals surface area (Å²) in [5, 5.41) is 47.3. The zero-order chi connectivity index (χ0) is 23.5. The SMILES string of the molecule is C[C@]12CC=C3C=C4CC[C@@H](O)[C@H](O)[C@]45CCC3(O5)[C@@H]1C[C@@H](O)[C@]2(O)c1ccc2ccncc2c1. The monoisotopic (exact) mass is 461 g/mol. The number of hydrogen-bond acceptors (Lipinski definition) is 6. The van der Waals surface area contributed by atoms with Crippen molar-refractivity contribution in [3.63, 3.8) is 0 Å². The van der Waals surface area contributed by atoms with Crippen LogP contribution in [0.3, 0.4) is 0 Å². The van der Waals surface area contributed by atoms with Crippen LogP contribution in [0.25, 0.3) is 10.8 Å². The van der Waals surface area contributed by atoms with Gasteiger partial charge in [0.05, 0.1) is 17.8 Å². The molecule has 1 aromatic carbocycles. The van der Waals surface area contributed by atoms with Gasteiger partial charge in [0.25, 0.3) is 0 Å². The van der Waals surface area contributed by atoms with E-state index in [1.807, 2.05) is 24.3 Å². The van der Waals surface area contributed by atoms with Gasteiger partial charge in [-0.05, 0) is 72.8 Å². The molecule has 8 atom stereocenters. The first-order valence-corrected chi connectivity index (χ1v) is 12.5. The summed E-state index contributed by atoms with van der Waals surface area (Å²) in [6.07, 6.45) is 8.82. The number of aliphatic hydroxyl groups excluding tert-OH is 3. The molecule has 4 N–H and O–H groups in total. The zero-order valence-corrected chi connectivity index (χ0v) is 19.3. The summed E-state index contributed by atoms with van der Waals surface area (Å²) in [6.45, 7) is 2.07. The van der Waals surface area contributed by atoms with Crippen LogP contribution in [0.2, 0.25) is 0 Å². The van der Waals surface area contributed by atoms with Gasteiger partial charge < -0.3 is 25.2 Å². The van der Waals surface area contributed by atoms with Crippen molar-refractivity contribution in [3.05, 3.63) is 65.5 Å². The lowest BCUT2D eigenvalue weighted by molar-refractivity contribution is -0.206. The fourth-order valence-electron chi connectivity index (χ4n) is 8.26. The molecule has 2 aromatic rings. The maximum absolute atomic E-state index is 12.3. The van der Waals surface area contributed by atoms with Crippen LogP contribution in [0.1, 0.15) is 51.0 Å². The first-order valence-electron chi connectivity index (χ1n) is 12.5. The number of benzene rings is 1. The highest BCUT2D eigenvalue weighted by Gasteiger charge is 2.73. The van der Waals surface area contributed by atoms with Crippen LogP contribution in [0, 0.1) is 11.3 Å². The molecular weight excluding hydrogens is 430 g/mol. The summed E-state index contributed by atoms with van der Waals surface area (Å²) >= 11 is 0. The lowest BCUT2D eigenvalue weighted by atomic mass is 9.56. The van der Waals surface area contributed by atoms with E-state index in [1.165, 1.54) is 0 Å². The van der Waals surface area contributed by atoms with Gasteiger partial charge in [-0.25, -0.2) is 0 Å². The molecule has 3 aliphatic carbocycles. The Morgan fingerprint density at radius 3 is 2.74 bits per heavy atom. The molecule has 2 spiro atoms. The first-order chi connectivity index (χ1) is 16.2. The third kappa shape index (κ3) is 2.27. The fourth-order valence-corrected chi connectivity index (χ4v) is 8.26. The van der Waals surface area contributed by atoms with Gasteiger partial charge in [-0.1, -0.05) is 31.2 Å². The summed E-state index contributed by atoms with van der Waals surface area (Å²) in [6, 6.07) is 7.79. The average molecular weight is 462 g/mol. The number of pyridine rings is 1. The Hall–Kier alpha value is -2.09. The van der Waals surface area contributed by atoms with Gasteiger partial charge in [-0.15, -0.1) is 0 Å². The largest absolute Gasteiger partial charge is 0.390 e. The maximum atomic E-state index is 12.3. The Bertz CT molecular complexity index is 1270. The molecule has 1 saturated heterocycles. The van der Waals surface area contributed by atoms with Crippen LogP contribution < -0.4 is 0 Å². The number of ether oxygens (including phenoxy) is 1. The van der Waals surface area contributed by atoms with Crippen LogP contribution in [-0.4, -0.2) is 54.9 Å². The van der Waals surface area contributed by atoms with Crippen LogP contribution >= 0.6 is 0 Å². The van der Waals surface area contributed by atoms with E-state index in [0.717, 1.165) is 21.9 Å². The minimum atomic E-state index is -1.45. The maximum Gasteiger partial charge on any atom is 0.121 e. The summed E-state index contributed by atoms with van der Waals surface area (Å²) in [5.41, 5.74) is -0.782. The van der Waals surface area contributed by atoms with Crippen LogP contribution in [0.15, 0.2) is 60.0 Å². The van der Waals surface area contributed by atoms with E-state index in [2.05, 4.69) is 24.1 Å². The van der Waals surface area contributed by atoms with Crippen molar-refractivity contribution in [2.45, 2.75) is 80.6 Å². The Balaban J connectivity index is 1.37. The molecule has 2 saturated carbocycles. The Labute approximate surface area is 198 Å². The van der Waals surface area contributed by atoms with E-state index < -0.39 is 40.5 Å². The fraction of sp³-hybridized carbons (Fsp3) is 0.536. The molecule has 2 bridgehead atoms. The molecule has 178 valence electrons. The van der Waals surface area contributed by atoms with Crippen molar-refractivity contribution in [1.29, 1.82) is 0 Å².